The molecule has 4 heteroatoms. The van der Waals surface area contributed by atoms with E-state index in [9.17, 15) is 9.90 Å². The summed E-state index contributed by atoms with van der Waals surface area (Å²) in [5.74, 6) is 1.08. The van der Waals surface area contributed by atoms with Crippen LogP contribution in [0.15, 0.2) is 0 Å². The Kier molecular flexibility index (Phi) is 5.17. The minimum Gasteiger partial charge on any atom is -0.396 e. The first-order valence-electron chi connectivity index (χ1n) is 8.95. The van der Waals surface area contributed by atoms with Crippen LogP contribution in [0.4, 0.5) is 0 Å². The number of hydrogen-bond acceptors (Lipinski definition) is 3. The van der Waals surface area contributed by atoms with Gasteiger partial charge in [0.15, 0.2) is 0 Å². The Morgan fingerprint density at radius 1 is 1.05 bits per heavy atom. The third-order valence-corrected chi connectivity index (χ3v) is 5.59. The van der Waals surface area contributed by atoms with Crippen LogP contribution < -0.4 is 5.32 Å². The molecule has 3 atom stereocenters. The molecule has 1 saturated heterocycles. The third kappa shape index (κ3) is 3.78. The number of aliphatic hydroxyl groups excluding tert-OH is 1. The molecule has 21 heavy (non-hydrogen) atoms. The van der Waals surface area contributed by atoms with E-state index in [1.165, 1.54) is 44.9 Å². The predicted octanol–water partition coefficient (Wildman–Crippen LogP) is 1.92. The van der Waals surface area contributed by atoms with Crippen LogP contribution in [-0.2, 0) is 4.79 Å². The molecule has 1 heterocycles. The second-order valence-corrected chi connectivity index (χ2v) is 7.22. The molecule has 3 unspecified atom stereocenters. The van der Waals surface area contributed by atoms with Gasteiger partial charge in [-0.3, -0.25) is 9.69 Å². The molecular weight excluding hydrogens is 264 g/mol. The van der Waals surface area contributed by atoms with Crippen LogP contribution in [0.25, 0.3) is 0 Å². The summed E-state index contributed by atoms with van der Waals surface area (Å²) < 4.78 is 0. The number of nitrogens with zero attached hydrogens (tertiary/aromatic N) is 1. The summed E-state index contributed by atoms with van der Waals surface area (Å²) >= 11 is 0. The zero-order valence-corrected chi connectivity index (χ0v) is 13.1. The van der Waals surface area contributed by atoms with Gasteiger partial charge >= 0.3 is 0 Å². The quantitative estimate of drug-likeness (QED) is 0.762. The lowest BCUT2D eigenvalue weighted by molar-refractivity contribution is -0.128. The molecule has 1 amide bonds. The number of carbonyl (C=O) groups excluding carboxylic acids is 1. The van der Waals surface area contributed by atoms with Crippen molar-refractivity contribution in [3.05, 3.63) is 0 Å². The van der Waals surface area contributed by atoms with Gasteiger partial charge in [0, 0.05) is 18.6 Å². The monoisotopic (exact) mass is 294 g/mol. The summed E-state index contributed by atoms with van der Waals surface area (Å²) in [6.07, 6.45) is 10.6. The van der Waals surface area contributed by atoms with E-state index < -0.39 is 0 Å². The molecule has 0 aromatic rings. The lowest BCUT2D eigenvalue weighted by atomic mass is 9.95. The molecule has 3 fully saturated rings. The third-order valence-electron chi connectivity index (χ3n) is 5.59. The van der Waals surface area contributed by atoms with Crippen LogP contribution in [-0.4, -0.2) is 47.7 Å². The van der Waals surface area contributed by atoms with Gasteiger partial charge in [0.25, 0.3) is 0 Å². The molecule has 4 nitrogen and oxygen atoms in total. The highest BCUT2D eigenvalue weighted by molar-refractivity contribution is 5.82. The van der Waals surface area contributed by atoms with Crippen LogP contribution >= 0.6 is 0 Å². The zero-order chi connectivity index (χ0) is 14.7. The number of likely N-dealkylation sites (tertiary alicyclic amines) is 1. The van der Waals surface area contributed by atoms with Crippen LogP contribution in [0, 0.1) is 11.8 Å². The summed E-state index contributed by atoms with van der Waals surface area (Å²) in [6, 6.07) is 0.295. The average Bonchev–Trinajstić information content (AvgIpc) is 3.21. The Balaban J connectivity index is 1.62. The Labute approximate surface area is 128 Å². The van der Waals surface area contributed by atoms with Crippen molar-refractivity contribution in [2.75, 3.05) is 19.7 Å². The molecule has 1 aliphatic heterocycles. The van der Waals surface area contributed by atoms with Crippen molar-refractivity contribution in [3.8, 4) is 0 Å². The first-order chi connectivity index (χ1) is 10.3. The Morgan fingerprint density at radius 2 is 1.76 bits per heavy atom. The normalized spacial score (nSPS) is 32.6. The van der Waals surface area contributed by atoms with Crippen molar-refractivity contribution in [2.45, 2.75) is 69.9 Å². The van der Waals surface area contributed by atoms with Crippen LogP contribution in [0.5, 0.6) is 0 Å². The number of nitrogens with one attached hydrogen (secondary N) is 1. The highest BCUT2D eigenvalue weighted by Crippen LogP contribution is 2.37. The van der Waals surface area contributed by atoms with E-state index in [2.05, 4.69) is 10.2 Å². The zero-order valence-electron chi connectivity index (χ0n) is 13.1. The highest BCUT2D eigenvalue weighted by atomic mass is 16.3. The van der Waals surface area contributed by atoms with Gasteiger partial charge in [0.05, 0.1) is 6.04 Å². The first-order valence-corrected chi connectivity index (χ1v) is 8.95. The molecule has 0 aromatic carbocycles. The van der Waals surface area contributed by atoms with Crippen molar-refractivity contribution in [3.63, 3.8) is 0 Å². The van der Waals surface area contributed by atoms with Crippen molar-refractivity contribution < 1.29 is 9.90 Å². The molecule has 2 aliphatic carbocycles. The van der Waals surface area contributed by atoms with Crippen molar-refractivity contribution in [1.82, 2.24) is 10.2 Å². The van der Waals surface area contributed by atoms with E-state index in [1.807, 2.05) is 0 Å². The molecule has 0 bridgehead atoms. The number of carbonyl (C=O) groups is 1. The molecule has 3 aliphatic rings. The van der Waals surface area contributed by atoms with Crippen molar-refractivity contribution in [1.29, 1.82) is 0 Å². The van der Waals surface area contributed by atoms with E-state index in [0.717, 1.165) is 25.9 Å². The maximum Gasteiger partial charge on any atom is 0.237 e. The number of rotatable bonds is 5. The number of amides is 1. The fourth-order valence-electron chi connectivity index (χ4n) is 4.17. The van der Waals surface area contributed by atoms with Gasteiger partial charge in [0.1, 0.15) is 0 Å². The second-order valence-electron chi connectivity index (χ2n) is 7.22. The van der Waals surface area contributed by atoms with E-state index in [1.54, 1.807) is 0 Å². The van der Waals surface area contributed by atoms with Gasteiger partial charge in [-0.1, -0.05) is 19.3 Å². The van der Waals surface area contributed by atoms with Crippen LogP contribution in [0.2, 0.25) is 0 Å². The van der Waals surface area contributed by atoms with E-state index in [0.29, 0.717) is 5.92 Å². The largest absolute Gasteiger partial charge is 0.396 e. The molecule has 2 N–H and O–H groups in total. The summed E-state index contributed by atoms with van der Waals surface area (Å²) in [6.45, 7) is 2.38. The molecule has 120 valence electrons. The molecule has 0 spiro atoms. The SMILES string of the molecule is O=C(NC1CCCCCC1CO)C(C1CC1)N1CCCC1. The van der Waals surface area contributed by atoms with Gasteiger partial charge in [-0.05, 0) is 57.5 Å². The molecule has 2 saturated carbocycles. The Bertz CT molecular complexity index is 351. The Morgan fingerprint density at radius 3 is 2.43 bits per heavy atom. The second kappa shape index (κ2) is 7.10. The molecule has 0 radical (unpaired) electrons. The topological polar surface area (TPSA) is 52.6 Å². The summed E-state index contributed by atoms with van der Waals surface area (Å²) in [7, 11) is 0. The fourth-order valence-corrected chi connectivity index (χ4v) is 4.17. The van der Waals surface area contributed by atoms with E-state index in [4.69, 9.17) is 0 Å². The van der Waals surface area contributed by atoms with Gasteiger partial charge in [0.2, 0.25) is 5.91 Å². The highest BCUT2D eigenvalue weighted by Gasteiger charge is 2.41. The van der Waals surface area contributed by atoms with Gasteiger partial charge in [-0.2, -0.15) is 0 Å². The number of hydrogen-bond donors (Lipinski definition) is 2. The first kappa shape index (κ1) is 15.3. The summed E-state index contributed by atoms with van der Waals surface area (Å²) in [5, 5.41) is 12.9. The smallest absolute Gasteiger partial charge is 0.237 e. The Hall–Kier alpha value is -0.610. The fraction of sp³-hybridized carbons (Fsp3) is 0.941. The van der Waals surface area contributed by atoms with Crippen molar-refractivity contribution in [2.24, 2.45) is 11.8 Å². The van der Waals surface area contributed by atoms with Gasteiger partial charge < -0.3 is 10.4 Å². The summed E-state index contributed by atoms with van der Waals surface area (Å²) in [4.78, 5) is 15.2. The minimum absolute atomic E-state index is 0.107. The number of aliphatic hydroxyl groups is 1. The lowest BCUT2D eigenvalue weighted by Crippen LogP contribution is -2.52. The maximum absolute atomic E-state index is 12.8. The van der Waals surface area contributed by atoms with Gasteiger partial charge in [-0.15, -0.1) is 0 Å². The maximum atomic E-state index is 12.8. The average molecular weight is 294 g/mol. The predicted molar refractivity (Wildman–Crippen MR) is 82.9 cm³/mol. The van der Waals surface area contributed by atoms with Crippen LogP contribution in [0.1, 0.15) is 57.8 Å². The molecule has 3 rings (SSSR count). The minimum atomic E-state index is 0.107. The summed E-state index contributed by atoms with van der Waals surface area (Å²) in [5.41, 5.74) is 0. The van der Waals surface area contributed by atoms with E-state index in [-0.39, 0.29) is 30.5 Å². The van der Waals surface area contributed by atoms with Gasteiger partial charge in [-0.25, -0.2) is 0 Å². The van der Waals surface area contributed by atoms with Crippen molar-refractivity contribution >= 4 is 5.91 Å². The van der Waals surface area contributed by atoms with E-state index >= 15 is 0 Å². The standard InChI is InChI=1S/C17H30N2O2/c20-12-14-6-2-1-3-7-15(14)18-17(21)16(13-8-9-13)19-10-4-5-11-19/h13-16,20H,1-12H2,(H,18,21). The van der Waals surface area contributed by atoms with Crippen LogP contribution in [0.3, 0.4) is 0 Å². The molecule has 0 aromatic heterocycles. The molecular formula is C17H30N2O2. The lowest BCUT2D eigenvalue weighted by Gasteiger charge is -2.31.